The first-order chi connectivity index (χ1) is 13.5. The van der Waals surface area contributed by atoms with Gasteiger partial charge in [0.25, 0.3) is 5.91 Å². The molecule has 1 aliphatic heterocycles. The van der Waals surface area contributed by atoms with Crippen LogP contribution in [-0.4, -0.2) is 22.4 Å². The second-order valence-electron chi connectivity index (χ2n) is 6.64. The first-order valence-electron chi connectivity index (χ1n) is 8.90. The number of pyridine rings is 1. The second-order valence-corrected chi connectivity index (χ2v) is 8.53. The zero-order valence-corrected chi connectivity index (χ0v) is 18.7. The summed E-state index contributed by atoms with van der Waals surface area (Å²) in [5.41, 5.74) is 4.48. The molecule has 3 heterocycles. The molecule has 29 heavy (non-hydrogen) atoms. The maximum Gasteiger partial charge on any atom is 0.276 e. The lowest BCUT2D eigenvalue weighted by atomic mass is 10.1. The summed E-state index contributed by atoms with van der Waals surface area (Å²) in [6.45, 7) is 3.62. The first-order valence-corrected chi connectivity index (χ1v) is 10.5. The van der Waals surface area contributed by atoms with Crippen molar-refractivity contribution in [2.75, 3.05) is 11.9 Å². The van der Waals surface area contributed by atoms with E-state index in [9.17, 15) is 4.79 Å². The molecule has 0 saturated carbocycles. The fourth-order valence-electron chi connectivity index (χ4n) is 3.11. The van der Waals surface area contributed by atoms with Crippen LogP contribution in [0.25, 0.3) is 0 Å². The summed E-state index contributed by atoms with van der Waals surface area (Å²) >= 11 is 13.5. The molecule has 4 rings (SSSR count). The van der Waals surface area contributed by atoms with Crippen LogP contribution < -0.4 is 10.6 Å². The number of thiazole rings is 1. The van der Waals surface area contributed by atoms with E-state index in [0.717, 1.165) is 46.9 Å². The van der Waals surface area contributed by atoms with Gasteiger partial charge in [0.15, 0.2) is 5.13 Å². The third-order valence-corrected chi connectivity index (χ3v) is 6.43. The van der Waals surface area contributed by atoms with Crippen molar-refractivity contribution in [3.63, 3.8) is 0 Å². The molecule has 1 aliphatic rings. The number of hydrogen-bond acceptors (Lipinski definition) is 5. The van der Waals surface area contributed by atoms with Gasteiger partial charge in [0.1, 0.15) is 5.69 Å². The summed E-state index contributed by atoms with van der Waals surface area (Å²) in [5, 5.41) is 7.81. The lowest BCUT2D eigenvalue weighted by Gasteiger charge is -2.16. The van der Waals surface area contributed by atoms with Gasteiger partial charge in [-0.15, -0.1) is 23.7 Å². The van der Waals surface area contributed by atoms with E-state index in [4.69, 9.17) is 23.2 Å². The number of anilines is 1. The summed E-state index contributed by atoms with van der Waals surface area (Å²) in [4.78, 5) is 22.7. The van der Waals surface area contributed by atoms with E-state index in [1.165, 1.54) is 11.3 Å². The highest BCUT2D eigenvalue weighted by molar-refractivity contribution is 7.15. The fraction of sp³-hybridized carbons (Fsp3) is 0.250. The van der Waals surface area contributed by atoms with Crippen LogP contribution in [0.1, 0.15) is 37.9 Å². The molecule has 0 unspecified atom stereocenters. The number of aryl methyl sites for hydroxylation is 1. The lowest BCUT2D eigenvalue weighted by Crippen LogP contribution is -2.25. The third-order valence-electron chi connectivity index (χ3n) is 4.62. The van der Waals surface area contributed by atoms with Crippen molar-refractivity contribution in [3.05, 3.63) is 73.5 Å². The van der Waals surface area contributed by atoms with Gasteiger partial charge in [-0.05, 0) is 36.2 Å². The Hall–Kier alpha value is -1.70. The number of fused-ring (bicyclic) bond motifs is 1. The first kappa shape index (κ1) is 22.0. The van der Waals surface area contributed by atoms with E-state index in [1.54, 1.807) is 12.1 Å². The van der Waals surface area contributed by atoms with Crippen molar-refractivity contribution in [2.45, 2.75) is 26.3 Å². The van der Waals surface area contributed by atoms with Gasteiger partial charge in [-0.1, -0.05) is 35.3 Å². The maximum atomic E-state index is 12.6. The Balaban J connectivity index is 0.00000240. The summed E-state index contributed by atoms with van der Waals surface area (Å²) in [6, 6.07) is 9.31. The number of benzene rings is 1. The predicted octanol–water partition coefficient (Wildman–Crippen LogP) is 5.06. The molecule has 0 bridgehead atoms. The largest absolute Gasteiger partial charge is 0.312 e. The van der Waals surface area contributed by atoms with Crippen LogP contribution in [0.4, 0.5) is 5.13 Å². The molecule has 2 N–H and O–H groups in total. The Morgan fingerprint density at radius 1 is 1.21 bits per heavy atom. The van der Waals surface area contributed by atoms with Crippen LogP contribution in [0.15, 0.2) is 30.3 Å². The number of nitrogens with zero attached hydrogens (tertiary/aromatic N) is 2. The Morgan fingerprint density at radius 2 is 2.03 bits per heavy atom. The van der Waals surface area contributed by atoms with Crippen molar-refractivity contribution >= 4 is 58.0 Å². The molecule has 0 radical (unpaired) electrons. The molecule has 1 amide bonds. The van der Waals surface area contributed by atoms with Crippen molar-refractivity contribution in [1.29, 1.82) is 0 Å². The van der Waals surface area contributed by atoms with E-state index in [1.807, 2.05) is 25.1 Å². The minimum atomic E-state index is -0.240. The fourth-order valence-corrected chi connectivity index (χ4v) is 4.42. The lowest BCUT2D eigenvalue weighted by molar-refractivity contribution is 0.102. The molecular formula is C20H19Cl3N4OS. The maximum absolute atomic E-state index is 12.6. The van der Waals surface area contributed by atoms with Crippen molar-refractivity contribution in [3.8, 4) is 0 Å². The van der Waals surface area contributed by atoms with Crippen LogP contribution in [0.2, 0.25) is 10.0 Å². The molecule has 2 aromatic heterocycles. The zero-order chi connectivity index (χ0) is 19.7. The standard InChI is InChI=1S/C20H18Cl2N4OS.ClH/c1-11-18(9-12-2-4-14(21)15(22)8-12)28-20(24-11)26-19(27)17-5-3-13-10-23-7-6-16(13)25-17;/h2-5,8,23H,6-7,9-10H2,1H3,(H,24,26,27);1H. The van der Waals surface area contributed by atoms with E-state index in [-0.39, 0.29) is 18.3 Å². The van der Waals surface area contributed by atoms with Gasteiger partial charge in [0.05, 0.1) is 15.7 Å². The highest BCUT2D eigenvalue weighted by Crippen LogP contribution is 2.28. The van der Waals surface area contributed by atoms with Gasteiger partial charge in [0.2, 0.25) is 0 Å². The van der Waals surface area contributed by atoms with Crippen molar-refractivity contribution in [1.82, 2.24) is 15.3 Å². The van der Waals surface area contributed by atoms with Crippen LogP contribution >= 0.6 is 46.9 Å². The molecule has 1 aromatic carbocycles. The quantitative estimate of drug-likeness (QED) is 0.560. The molecule has 0 saturated heterocycles. The predicted molar refractivity (Wildman–Crippen MR) is 121 cm³/mol. The zero-order valence-electron chi connectivity index (χ0n) is 15.6. The SMILES string of the molecule is Cc1nc(NC(=O)c2ccc3c(n2)CCNC3)sc1Cc1ccc(Cl)c(Cl)c1.Cl. The van der Waals surface area contributed by atoms with Gasteiger partial charge in [-0.3, -0.25) is 10.1 Å². The number of nitrogens with one attached hydrogen (secondary N) is 2. The Labute approximate surface area is 189 Å². The molecule has 5 nitrogen and oxygen atoms in total. The molecule has 152 valence electrons. The Kier molecular flexibility index (Phi) is 7.14. The molecule has 0 atom stereocenters. The van der Waals surface area contributed by atoms with Gasteiger partial charge < -0.3 is 5.32 Å². The summed E-state index contributed by atoms with van der Waals surface area (Å²) in [6.07, 6.45) is 1.51. The molecular weight excluding hydrogens is 451 g/mol. The Bertz CT molecular complexity index is 1050. The minimum absolute atomic E-state index is 0. The number of amides is 1. The smallest absolute Gasteiger partial charge is 0.276 e. The number of hydrogen-bond donors (Lipinski definition) is 2. The van der Waals surface area contributed by atoms with E-state index in [0.29, 0.717) is 27.3 Å². The summed E-state index contributed by atoms with van der Waals surface area (Å²) in [5.74, 6) is -0.240. The number of aromatic nitrogens is 2. The molecule has 0 spiro atoms. The van der Waals surface area contributed by atoms with Crippen LogP contribution in [0.3, 0.4) is 0 Å². The van der Waals surface area contributed by atoms with Crippen molar-refractivity contribution < 1.29 is 4.79 Å². The number of halogens is 3. The summed E-state index contributed by atoms with van der Waals surface area (Å²) in [7, 11) is 0. The van der Waals surface area contributed by atoms with Crippen LogP contribution in [0.5, 0.6) is 0 Å². The monoisotopic (exact) mass is 468 g/mol. The summed E-state index contributed by atoms with van der Waals surface area (Å²) < 4.78 is 0. The van der Waals surface area contributed by atoms with Gasteiger partial charge in [0, 0.05) is 36.5 Å². The van der Waals surface area contributed by atoms with Crippen LogP contribution in [0, 0.1) is 6.92 Å². The highest BCUT2D eigenvalue weighted by Gasteiger charge is 2.16. The van der Waals surface area contributed by atoms with E-state index < -0.39 is 0 Å². The van der Waals surface area contributed by atoms with Gasteiger partial charge in [-0.2, -0.15) is 0 Å². The van der Waals surface area contributed by atoms with E-state index >= 15 is 0 Å². The molecule has 0 aliphatic carbocycles. The number of rotatable bonds is 4. The number of carbonyl (C=O) groups is 1. The third kappa shape index (κ3) is 5.08. The van der Waals surface area contributed by atoms with Gasteiger partial charge >= 0.3 is 0 Å². The highest BCUT2D eigenvalue weighted by atomic mass is 35.5. The number of carbonyl (C=O) groups excluding carboxylic acids is 1. The molecule has 3 aromatic rings. The van der Waals surface area contributed by atoms with Crippen molar-refractivity contribution in [2.24, 2.45) is 0 Å². The second kappa shape index (κ2) is 9.41. The topological polar surface area (TPSA) is 66.9 Å². The normalized spacial score (nSPS) is 12.8. The minimum Gasteiger partial charge on any atom is -0.312 e. The van der Waals surface area contributed by atoms with Crippen LogP contribution in [-0.2, 0) is 19.4 Å². The Morgan fingerprint density at radius 3 is 2.83 bits per heavy atom. The molecule has 9 heteroatoms. The average Bonchev–Trinajstić information content (AvgIpc) is 3.03. The van der Waals surface area contributed by atoms with Gasteiger partial charge in [-0.25, -0.2) is 9.97 Å². The molecule has 0 fully saturated rings. The van der Waals surface area contributed by atoms with E-state index in [2.05, 4.69) is 20.6 Å². The average molecular weight is 470 g/mol.